The van der Waals surface area contributed by atoms with Gasteiger partial charge in [-0.25, -0.2) is 0 Å². The van der Waals surface area contributed by atoms with E-state index >= 15 is 0 Å². The minimum Gasteiger partial charge on any atom is -0.487 e. The molecule has 100 valence electrons. The molecule has 0 aliphatic heterocycles. The number of aromatic nitrogens is 1. The molecular formula is C13H21N3OS. The number of nitrogens with two attached hydrogens (primary N) is 1. The molecule has 3 atom stereocenters. The predicted octanol–water partition coefficient (Wildman–Crippen LogP) is 2.97. The molecule has 3 N–H and O–H groups in total. The fourth-order valence-electron chi connectivity index (χ4n) is 3.54. The van der Waals surface area contributed by atoms with Crippen LogP contribution in [0.4, 0.5) is 10.8 Å². The molecule has 0 spiro atoms. The first-order chi connectivity index (χ1) is 8.78. The van der Waals surface area contributed by atoms with E-state index in [2.05, 4.69) is 9.69 Å². The van der Waals surface area contributed by atoms with Crippen molar-refractivity contribution in [3.63, 3.8) is 0 Å². The number of nitrogens with zero attached hydrogens (tertiary/aromatic N) is 1. The zero-order valence-electron chi connectivity index (χ0n) is 10.8. The molecule has 3 rings (SSSR count). The summed E-state index contributed by atoms with van der Waals surface area (Å²) < 4.78 is 9.71. The Kier molecular flexibility index (Phi) is 3.33. The molecule has 2 saturated carbocycles. The lowest BCUT2D eigenvalue weighted by Crippen LogP contribution is -2.20. The molecule has 4 nitrogen and oxygen atoms in total. The molecular weight excluding hydrogens is 246 g/mol. The molecule has 1 heterocycles. The van der Waals surface area contributed by atoms with Crippen LogP contribution in [-0.4, -0.2) is 17.5 Å². The van der Waals surface area contributed by atoms with E-state index in [0.29, 0.717) is 12.4 Å². The van der Waals surface area contributed by atoms with E-state index < -0.39 is 0 Å². The van der Waals surface area contributed by atoms with Crippen molar-refractivity contribution in [2.45, 2.75) is 32.6 Å². The van der Waals surface area contributed by atoms with Gasteiger partial charge >= 0.3 is 0 Å². The number of nitrogens with one attached hydrogen (secondary N) is 1. The van der Waals surface area contributed by atoms with Gasteiger partial charge < -0.3 is 15.8 Å². The maximum atomic E-state index is 5.81. The van der Waals surface area contributed by atoms with E-state index in [-0.39, 0.29) is 0 Å². The second-order valence-corrected chi connectivity index (χ2v) is 6.25. The van der Waals surface area contributed by atoms with Gasteiger partial charge in [-0.2, -0.15) is 4.37 Å². The van der Waals surface area contributed by atoms with E-state index in [1.165, 1.54) is 37.2 Å². The van der Waals surface area contributed by atoms with Crippen LogP contribution >= 0.6 is 11.5 Å². The third-order valence-electron chi connectivity index (χ3n) is 4.37. The first-order valence-corrected chi connectivity index (χ1v) is 7.67. The van der Waals surface area contributed by atoms with Gasteiger partial charge in [0.25, 0.3) is 0 Å². The summed E-state index contributed by atoms with van der Waals surface area (Å²) in [6.45, 7) is 3.64. The fourth-order valence-corrected chi connectivity index (χ4v) is 4.21. The smallest absolute Gasteiger partial charge is 0.197 e. The Labute approximate surface area is 112 Å². The van der Waals surface area contributed by atoms with Crippen molar-refractivity contribution in [1.29, 1.82) is 0 Å². The standard InChI is InChI=1S/C13H21N3OS/c1-2-17-11-12(14)16-18-13(11)15-7-10-6-8-3-4-9(10)5-8/h8-10,15H,2-7H2,1H3,(H2,14,16). The summed E-state index contributed by atoms with van der Waals surface area (Å²) in [5.74, 6) is 4.03. The summed E-state index contributed by atoms with van der Waals surface area (Å²) in [7, 11) is 0. The molecule has 0 saturated heterocycles. The lowest BCUT2D eigenvalue weighted by molar-refractivity contribution is 0.339. The van der Waals surface area contributed by atoms with Gasteiger partial charge in [-0.05, 0) is 55.5 Å². The normalized spacial score (nSPS) is 29.7. The van der Waals surface area contributed by atoms with Crippen molar-refractivity contribution in [2.24, 2.45) is 17.8 Å². The fraction of sp³-hybridized carbons (Fsp3) is 0.769. The van der Waals surface area contributed by atoms with Gasteiger partial charge in [-0.3, -0.25) is 0 Å². The van der Waals surface area contributed by atoms with Crippen LogP contribution in [-0.2, 0) is 0 Å². The maximum absolute atomic E-state index is 5.81. The lowest BCUT2D eigenvalue weighted by Gasteiger charge is -2.22. The highest BCUT2D eigenvalue weighted by Crippen LogP contribution is 2.48. The van der Waals surface area contributed by atoms with E-state index in [1.54, 1.807) is 0 Å². The number of anilines is 2. The van der Waals surface area contributed by atoms with Gasteiger partial charge in [0.2, 0.25) is 0 Å². The minimum atomic E-state index is 0.511. The summed E-state index contributed by atoms with van der Waals surface area (Å²) >= 11 is 1.41. The molecule has 2 bridgehead atoms. The summed E-state index contributed by atoms with van der Waals surface area (Å²) in [6.07, 6.45) is 5.74. The molecule has 2 fully saturated rings. The number of nitrogen functional groups attached to an aromatic ring is 1. The third kappa shape index (κ3) is 2.16. The van der Waals surface area contributed by atoms with Gasteiger partial charge in [0.1, 0.15) is 0 Å². The zero-order chi connectivity index (χ0) is 12.5. The monoisotopic (exact) mass is 267 g/mol. The Hall–Kier alpha value is -0.970. The highest BCUT2D eigenvalue weighted by atomic mass is 32.1. The maximum Gasteiger partial charge on any atom is 0.197 e. The van der Waals surface area contributed by atoms with Gasteiger partial charge in [0.15, 0.2) is 16.6 Å². The van der Waals surface area contributed by atoms with E-state index in [4.69, 9.17) is 10.5 Å². The van der Waals surface area contributed by atoms with Crippen LogP contribution in [0.1, 0.15) is 32.6 Å². The summed E-state index contributed by atoms with van der Waals surface area (Å²) in [4.78, 5) is 0. The molecule has 0 aromatic carbocycles. The molecule has 5 heteroatoms. The Morgan fingerprint density at radius 2 is 2.33 bits per heavy atom. The largest absolute Gasteiger partial charge is 0.487 e. The van der Waals surface area contributed by atoms with Crippen LogP contribution in [0.25, 0.3) is 0 Å². The van der Waals surface area contributed by atoms with Crippen LogP contribution < -0.4 is 15.8 Å². The average molecular weight is 267 g/mol. The van der Waals surface area contributed by atoms with Crippen LogP contribution in [0.3, 0.4) is 0 Å². The van der Waals surface area contributed by atoms with Gasteiger partial charge in [-0.1, -0.05) is 6.42 Å². The number of ether oxygens (including phenoxy) is 1. The van der Waals surface area contributed by atoms with Gasteiger partial charge in [0.05, 0.1) is 6.61 Å². The third-order valence-corrected chi connectivity index (χ3v) is 5.17. The Balaban J connectivity index is 1.60. The number of hydrogen-bond donors (Lipinski definition) is 2. The number of rotatable bonds is 5. The van der Waals surface area contributed by atoms with Crippen molar-refractivity contribution in [3.05, 3.63) is 0 Å². The molecule has 2 aliphatic rings. The van der Waals surface area contributed by atoms with Crippen molar-refractivity contribution >= 4 is 22.4 Å². The van der Waals surface area contributed by atoms with Crippen LogP contribution in [0, 0.1) is 17.8 Å². The van der Waals surface area contributed by atoms with Gasteiger partial charge in [0, 0.05) is 6.54 Å². The van der Waals surface area contributed by atoms with E-state index in [9.17, 15) is 0 Å². The Bertz CT molecular complexity index is 420. The van der Waals surface area contributed by atoms with Crippen LogP contribution in [0.2, 0.25) is 0 Å². The van der Waals surface area contributed by atoms with E-state index in [1.807, 2.05) is 6.92 Å². The second-order valence-electron chi connectivity index (χ2n) is 5.47. The number of hydrogen-bond acceptors (Lipinski definition) is 5. The highest BCUT2D eigenvalue weighted by molar-refractivity contribution is 7.11. The molecule has 2 aliphatic carbocycles. The second kappa shape index (κ2) is 4.96. The van der Waals surface area contributed by atoms with Crippen LogP contribution in [0.15, 0.2) is 0 Å². The molecule has 1 aromatic rings. The first kappa shape index (κ1) is 12.1. The summed E-state index contributed by atoms with van der Waals surface area (Å²) in [5.41, 5.74) is 5.81. The molecule has 0 radical (unpaired) electrons. The Morgan fingerprint density at radius 3 is 3.00 bits per heavy atom. The zero-order valence-corrected chi connectivity index (χ0v) is 11.6. The van der Waals surface area contributed by atoms with Crippen LogP contribution in [0.5, 0.6) is 5.75 Å². The Morgan fingerprint density at radius 1 is 1.44 bits per heavy atom. The predicted molar refractivity (Wildman–Crippen MR) is 75.1 cm³/mol. The minimum absolute atomic E-state index is 0.511. The SMILES string of the molecule is CCOc1c(N)nsc1NCC1CC2CCC1C2. The average Bonchev–Trinajstić information content (AvgIpc) is 3.05. The highest BCUT2D eigenvalue weighted by Gasteiger charge is 2.39. The number of fused-ring (bicyclic) bond motifs is 2. The topological polar surface area (TPSA) is 60.2 Å². The van der Waals surface area contributed by atoms with Gasteiger partial charge in [-0.15, -0.1) is 0 Å². The molecule has 3 unspecified atom stereocenters. The molecule has 18 heavy (non-hydrogen) atoms. The summed E-state index contributed by atoms with van der Waals surface area (Å²) in [6, 6.07) is 0. The van der Waals surface area contributed by atoms with Crippen molar-refractivity contribution < 1.29 is 4.74 Å². The quantitative estimate of drug-likeness (QED) is 0.861. The van der Waals surface area contributed by atoms with E-state index in [0.717, 1.165) is 35.0 Å². The van der Waals surface area contributed by atoms with Crippen molar-refractivity contribution in [2.75, 3.05) is 24.2 Å². The molecule has 0 amide bonds. The first-order valence-electron chi connectivity index (χ1n) is 6.89. The molecule has 1 aromatic heterocycles. The van der Waals surface area contributed by atoms with Crippen molar-refractivity contribution in [1.82, 2.24) is 4.37 Å². The lowest BCUT2D eigenvalue weighted by atomic mass is 9.89. The summed E-state index contributed by atoms with van der Waals surface area (Å²) in [5, 5.41) is 4.49. The van der Waals surface area contributed by atoms with Crippen molar-refractivity contribution in [3.8, 4) is 5.75 Å².